The minimum Gasteiger partial charge on any atom is -0.476 e. The van der Waals surface area contributed by atoms with Gasteiger partial charge in [0, 0.05) is 18.8 Å². The Kier molecular flexibility index (Phi) is 2.86. The van der Waals surface area contributed by atoms with E-state index in [2.05, 4.69) is 15.4 Å². The maximum Gasteiger partial charge on any atom is 0.358 e. The van der Waals surface area contributed by atoms with Gasteiger partial charge in [0.15, 0.2) is 5.69 Å². The van der Waals surface area contributed by atoms with Crippen LogP contribution in [0.2, 0.25) is 0 Å². The van der Waals surface area contributed by atoms with Crippen LogP contribution in [0.4, 0.5) is 4.39 Å². The van der Waals surface area contributed by atoms with E-state index in [-0.39, 0.29) is 17.9 Å². The van der Waals surface area contributed by atoms with Gasteiger partial charge in [0.2, 0.25) is 0 Å². The van der Waals surface area contributed by atoms with Gasteiger partial charge in [0.05, 0.1) is 12.7 Å². The number of hydrogen-bond acceptors (Lipinski definition) is 4. The van der Waals surface area contributed by atoms with Crippen molar-refractivity contribution in [3.63, 3.8) is 0 Å². The molecule has 8 heteroatoms. The van der Waals surface area contributed by atoms with Gasteiger partial charge in [-0.2, -0.15) is 5.10 Å². The molecule has 2 aromatic rings. The second kappa shape index (κ2) is 4.32. The van der Waals surface area contributed by atoms with Crippen LogP contribution in [0, 0.1) is 0 Å². The van der Waals surface area contributed by atoms with Gasteiger partial charge in [-0.15, -0.1) is 5.10 Å². The highest BCUT2D eigenvalue weighted by molar-refractivity contribution is 5.92. The molecule has 0 saturated carbocycles. The van der Waals surface area contributed by atoms with Crippen molar-refractivity contribution in [3.05, 3.63) is 18.1 Å². The molecule has 2 heterocycles. The number of aryl methyl sites for hydroxylation is 2. The van der Waals surface area contributed by atoms with Crippen LogP contribution in [-0.4, -0.2) is 42.5 Å². The number of carboxylic acids is 1. The highest BCUT2D eigenvalue weighted by Crippen LogP contribution is 2.21. The average Bonchev–Trinajstić information content (AvgIpc) is 2.84. The zero-order chi connectivity index (χ0) is 12.4. The number of alkyl halides is 1. The molecule has 1 N–H and O–H groups in total. The van der Waals surface area contributed by atoms with E-state index >= 15 is 0 Å². The average molecular weight is 239 g/mol. The quantitative estimate of drug-likeness (QED) is 0.831. The molecule has 0 unspecified atom stereocenters. The topological polar surface area (TPSA) is 85.8 Å². The van der Waals surface area contributed by atoms with Gasteiger partial charge in [-0.05, 0) is 0 Å². The first-order valence-electron chi connectivity index (χ1n) is 4.85. The van der Waals surface area contributed by atoms with Crippen molar-refractivity contribution in [2.24, 2.45) is 7.05 Å². The lowest BCUT2D eigenvalue weighted by Crippen LogP contribution is -2.05. The Morgan fingerprint density at radius 1 is 1.59 bits per heavy atom. The van der Waals surface area contributed by atoms with Crippen LogP contribution in [0.1, 0.15) is 10.5 Å². The molecule has 2 rings (SSSR count). The Hall–Kier alpha value is -2.25. The van der Waals surface area contributed by atoms with E-state index in [4.69, 9.17) is 5.11 Å². The molecule has 17 heavy (non-hydrogen) atoms. The summed E-state index contributed by atoms with van der Waals surface area (Å²) >= 11 is 0. The monoisotopic (exact) mass is 239 g/mol. The van der Waals surface area contributed by atoms with Crippen LogP contribution in [0.25, 0.3) is 11.3 Å². The molecule has 0 aliphatic carbocycles. The molecule has 0 aromatic carbocycles. The lowest BCUT2D eigenvalue weighted by Gasteiger charge is -2.01. The molecule has 0 aliphatic heterocycles. The van der Waals surface area contributed by atoms with Crippen LogP contribution in [0.15, 0.2) is 12.4 Å². The molecule has 0 bridgehead atoms. The van der Waals surface area contributed by atoms with E-state index in [1.165, 1.54) is 15.6 Å². The van der Waals surface area contributed by atoms with Crippen LogP contribution in [-0.2, 0) is 13.6 Å². The first-order chi connectivity index (χ1) is 8.13. The maximum atomic E-state index is 12.3. The Bertz CT molecular complexity index is 547. The van der Waals surface area contributed by atoms with E-state index in [0.29, 0.717) is 5.56 Å². The summed E-state index contributed by atoms with van der Waals surface area (Å²) in [6.07, 6.45) is 3.11. The van der Waals surface area contributed by atoms with Crippen molar-refractivity contribution in [2.75, 3.05) is 6.67 Å². The third-order valence-electron chi connectivity index (χ3n) is 2.21. The third kappa shape index (κ3) is 2.01. The summed E-state index contributed by atoms with van der Waals surface area (Å²) in [5.74, 6) is -1.20. The fourth-order valence-corrected chi connectivity index (χ4v) is 1.52. The summed E-state index contributed by atoms with van der Waals surface area (Å²) in [5.41, 5.74) is 0.609. The van der Waals surface area contributed by atoms with Crippen LogP contribution >= 0.6 is 0 Å². The molecule has 0 radical (unpaired) electrons. The fraction of sp³-hybridized carbons (Fsp3) is 0.333. The minimum atomic E-state index is -1.20. The van der Waals surface area contributed by atoms with Crippen molar-refractivity contribution in [1.29, 1.82) is 0 Å². The molecular formula is C9H10FN5O2. The SMILES string of the molecule is Cn1cc(-c2c(C(=O)O)nnn2CCF)cn1. The first kappa shape index (κ1) is 11.2. The van der Waals surface area contributed by atoms with Gasteiger partial charge in [-0.25, -0.2) is 13.9 Å². The number of carboxylic acid groups (broad SMARTS) is 1. The van der Waals surface area contributed by atoms with Gasteiger partial charge in [-0.3, -0.25) is 4.68 Å². The van der Waals surface area contributed by atoms with E-state index in [9.17, 15) is 9.18 Å². The summed E-state index contributed by atoms with van der Waals surface area (Å²) in [4.78, 5) is 11.0. The van der Waals surface area contributed by atoms with Crippen LogP contribution in [0.3, 0.4) is 0 Å². The number of nitrogens with zero attached hydrogens (tertiary/aromatic N) is 5. The molecule has 90 valence electrons. The smallest absolute Gasteiger partial charge is 0.358 e. The van der Waals surface area contributed by atoms with Gasteiger partial charge < -0.3 is 5.11 Å². The highest BCUT2D eigenvalue weighted by Gasteiger charge is 2.21. The number of hydrogen-bond donors (Lipinski definition) is 1. The Morgan fingerprint density at radius 3 is 2.88 bits per heavy atom. The highest BCUT2D eigenvalue weighted by atomic mass is 19.1. The normalized spacial score (nSPS) is 10.7. The van der Waals surface area contributed by atoms with Gasteiger partial charge in [0.1, 0.15) is 12.4 Å². The predicted molar refractivity (Wildman–Crippen MR) is 55.2 cm³/mol. The van der Waals surface area contributed by atoms with Crippen molar-refractivity contribution in [2.45, 2.75) is 6.54 Å². The molecule has 7 nitrogen and oxygen atoms in total. The van der Waals surface area contributed by atoms with Crippen molar-refractivity contribution < 1.29 is 14.3 Å². The largest absolute Gasteiger partial charge is 0.476 e. The Labute approximate surface area is 95.5 Å². The Balaban J connectivity index is 2.55. The number of aromatic carboxylic acids is 1. The molecule has 2 aromatic heterocycles. The number of halogens is 1. The van der Waals surface area contributed by atoms with E-state index < -0.39 is 12.6 Å². The lowest BCUT2D eigenvalue weighted by molar-refractivity contribution is 0.0691. The molecule has 0 amide bonds. The second-order valence-electron chi connectivity index (χ2n) is 3.41. The van der Waals surface area contributed by atoms with Gasteiger partial charge in [-0.1, -0.05) is 5.21 Å². The first-order valence-corrected chi connectivity index (χ1v) is 4.85. The van der Waals surface area contributed by atoms with E-state index in [1.54, 1.807) is 13.2 Å². The number of rotatable bonds is 4. The second-order valence-corrected chi connectivity index (χ2v) is 3.41. The maximum absolute atomic E-state index is 12.3. The van der Waals surface area contributed by atoms with Gasteiger partial charge >= 0.3 is 5.97 Å². The van der Waals surface area contributed by atoms with Crippen molar-refractivity contribution in [3.8, 4) is 11.3 Å². The predicted octanol–water partition coefficient (Wildman–Crippen LogP) is 0.346. The minimum absolute atomic E-state index is 0.0372. The van der Waals surface area contributed by atoms with E-state index in [0.717, 1.165) is 0 Å². The lowest BCUT2D eigenvalue weighted by atomic mass is 10.2. The fourth-order valence-electron chi connectivity index (χ4n) is 1.52. The molecule has 0 saturated heterocycles. The molecular weight excluding hydrogens is 229 g/mol. The van der Waals surface area contributed by atoms with Crippen molar-refractivity contribution in [1.82, 2.24) is 24.8 Å². The Morgan fingerprint density at radius 2 is 2.35 bits per heavy atom. The van der Waals surface area contributed by atoms with Gasteiger partial charge in [0.25, 0.3) is 0 Å². The molecule has 0 spiro atoms. The summed E-state index contributed by atoms with van der Waals surface area (Å²) < 4.78 is 15.1. The molecule has 0 atom stereocenters. The van der Waals surface area contributed by atoms with Crippen LogP contribution < -0.4 is 0 Å². The zero-order valence-electron chi connectivity index (χ0n) is 9.04. The molecule has 0 aliphatic rings. The van der Waals surface area contributed by atoms with Crippen LogP contribution in [0.5, 0.6) is 0 Å². The van der Waals surface area contributed by atoms with Crippen molar-refractivity contribution >= 4 is 5.97 Å². The standard InChI is InChI=1S/C9H10FN5O2/c1-14-5-6(4-11-14)8-7(9(16)17)12-13-15(8)3-2-10/h4-5H,2-3H2,1H3,(H,16,17). The zero-order valence-corrected chi connectivity index (χ0v) is 9.04. The third-order valence-corrected chi connectivity index (χ3v) is 2.21. The number of aromatic nitrogens is 5. The summed E-state index contributed by atoms with van der Waals surface area (Å²) in [5, 5.41) is 20.1. The molecule has 0 fully saturated rings. The summed E-state index contributed by atoms with van der Waals surface area (Å²) in [7, 11) is 1.70. The summed E-state index contributed by atoms with van der Waals surface area (Å²) in [6.45, 7) is -0.680. The number of carbonyl (C=O) groups is 1. The van der Waals surface area contributed by atoms with E-state index in [1.807, 2.05) is 0 Å². The summed E-state index contributed by atoms with van der Waals surface area (Å²) in [6, 6.07) is 0.